The topological polar surface area (TPSA) is 85.9 Å². The zero-order valence-corrected chi connectivity index (χ0v) is 18.0. The molecule has 8 heteroatoms. The van der Waals surface area contributed by atoms with Crippen LogP contribution in [-0.2, 0) is 16.0 Å². The summed E-state index contributed by atoms with van der Waals surface area (Å²) < 4.78 is 31.1. The lowest BCUT2D eigenvalue weighted by atomic mass is 9.84. The number of fused-ring (bicyclic) bond motifs is 1. The SMILES string of the molecule is COc1ccc(C[C@@]2(CCC(=O)NC[C@@H]3COc4ccccc4O3)CCC(=O)N2)c(F)c1. The van der Waals surface area contributed by atoms with Crippen molar-refractivity contribution in [3.8, 4) is 17.2 Å². The Balaban J connectivity index is 1.32. The number of para-hydroxylation sites is 2. The van der Waals surface area contributed by atoms with E-state index in [4.69, 9.17) is 14.2 Å². The molecule has 0 aliphatic carbocycles. The van der Waals surface area contributed by atoms with Gasteiger partial charge in [-0.15, -0.1) is 0 Å². The monoisotopic (exact) mass is 442 g/mol. The standard InChI is InChI=1S/C24H27FN2O5/c1-30-17-7-6-16(19(25)12-17)13-24(11-9-23(29)27-24)10-8-22(28)26-14-18-15-31-20-4-2-3-5-21(20)32-18/h2-7,12,18H,8-11,13-15H2,1H3,(H,26,28)(H,27,29)/t18-,24-/m1/s1. The number of rotatable bonds is 8. The first-order valence-corrected chi connectivity index (χ1v) is 10.7. The van der Waals surface area contributed by atoms with Crippen molar-refractivity contribution in [1.29, 1.82) is 0 Å². The molecule has 2 N–H and O–H groups in total. The first kappa shape index (κ1) is 21.9. The van der Waals surface area contributed by atoms with Gasteiger partial charge >= 0.3 is 0 Å². The van der Waals surface area contributed by atoms with E-state index in [0.29, 0.717) is 61.6 Å². The van der Waals surface area contributed by atoms with Crippen molar-refractivity contribution in [2.45, 2.75) is 43.7 Å². The van der Waals surface area contributed by atoms with Crippen molar-refractivity contribution < 1.29 is 28.2 Å². The molecule has 0 bridgehead atoms. The van der Waals surface area contributed by atoms with Crippen LogP contribution in [0.4, 0.5) is 4.39 Å². The predicted octanol–water partition coefficient (Wildman–Crippen LogP) is 2.76. The Morgan fingerprint density at radius 2 is 2.09 bits per heavy atom. The number of carbonyl (C=O) groups excluding carboxylic acids is 2. The molecule has 0 unspecified atom stereocenters. The minimum Gasteiger partial charge on any atom is -0.497 e. The number of ether oxygens (including phenoxy) is 3. The van der Waals surface area contributed by atoms with E-state index in [1.54, 1.807) is 12.1 Å². The number of benzene rings is 2. The van der Waals surface area contributed by atoms with E-state index in [0.717, 1.165) is 0 Å². The maximum atomic E-state index is 14.5. The fourth-order valence-electron chi connectivity index (χ4n) is 4.18. The third-order valence-corrected chi connectivity index (χ3v) is 5.95. The van der Waals surface area contributed by atoms with Crippen molar-refractivity contribution in [2.24, 2.45) is 0 Å². The van der Waals surface area contributed by atoms with E-state index in [1.165, 1.54) is 13.2 Å². The predicted molar refractivity (Wildman–Crippen MR) is 115 cm³/mol. The van der Waals surface area contributed by atoms with E-state index in [2.05, 4.69) is 10.6 Å². The van der Waals surface area contributed by atoms with Crippen LogP contribution in [0.25, 0.3) is 0 Å². The van der Waals surface area contributed by atoms with Crippen LogP contribution in [0.5, 0.6) is 17.2 Å². The summed E-state index contributed by atoms with van der Waals surface area (Å²) in [6.45, 7) is 0.674. The number of methoxy groups -OCH3 is 1. The van der Waals surface area contributed by atoms with Gasteiger partial charge in [0.05, 0.1) is 13.7 Å². The molecule has 2 atom stereocenters. The molecule has 2 aromatic rings. The molecular formula is C24H27FN2O5. The molecule has 1 fully saturated rings. The Labute approximate surface area is 186 Å². The van der Waals surface area contributed by atoms with Crippen molar-refractivity contribution in [2.75, 3.05) is 20.3 Å². The van der Waals surface area contributed by atoms with Gasteiger partial charge in [-0.3, -0.25) is 9.59 Å². The summed E-state index contributed by atoms with van der Waals surface area (Å²) in [5.41, 5.74) is -0.160. The van der Waals surface area contributed by atoms with Crippen LogP contribution in [0.3, 0.4) is 0 Å². The van der Waals surface area contributed by atoms with E-state index in [9.17, 15) is 14.0 Å². The highest BCUT2D eigenvalue weighted by molar-refractivity contribution is 5.80. The average Bonchev–Trinajstić information content (AvgIpc) is 3.18. The number of hydrogen-bond acceptors (Lipinski definition) is 5. The van der Waals surface area contributed by atoms with Crippen LogP contribution < -0.4 is 24.8 Å². The van der Waals surface area contributed by atoms with Crippen LogP contribution >= 0.6 is 0 Å². The number of nitrogens with one attached hydrogen (secondary N) is 2. The van der Waals surface area contributed by atoms with Gasteiger partial charge in [-0.25, -0.2) is 4.39 Å². The Hall–Kier alpha value is -3.29. The van der Waals surface area contributed by atoms with Crippen LogP contribution in [-0.4, -0.2) is 43.7 Å². The maximum Gasteiger partial charge on any atom is 0.220 e. The highest BCUT2D eigenvalue weighted by atomic mass is 19.1. The summed E-state index contributed by atoms with van der Waals surface area (Å²) in [5, 5.41) is 5.86. The first-order valence-electron chi connectivity index (χ1n) is 10.7. The minimum absolute atomic E-state index is 0.0780. The highest BCUT2D eigenvalue weighted by Crippen LogP contribution is 2.32. The molecule has 1 saturated heterocycles. The van der Waals surface area contributed by atoms with Gasteiger partial charge < -0.3 is 24.8 Å². The highest BCUT2D eigenvalue weighted by Gasteiger charge is 2.38. The van der Waals surface area contributed by atoms with Gasteiger partial charge in [-0.1, -0.05) is 18.2 Å². The summed E-state index contributed by atoms with van der Waals surface area (Å²) in [5.74, 6) is 1.18. The molecule has 2 aliphatic rings. The van der Waals surface area contributed by atoms with Gasteiger partial charge in [0.2, 0.25) is 11.8 Å². The molecule has 2 aliphatic heterocycles. The lowest BCUT2D eigenvalue weighted by Gasteiger charge is -2.30. The number of carbonyl (C=O) groups is 2. The largest absolute Gasteiger partial charge is 0.497 e. The van der Waals surface area contributed by atoms with Gasteiger partial charge in [0.1, 0.15) is 24.3 Å². The van der Waals surface area contributed by atoms with Crippen molar-refractivity contribution in [3.05, 3.63) is 53.8 Å². The third-order valence-electron chi connectivity index (χ3n) is 5.95. The number of hydrogen-bond donors (Lipinski definition) is 2. The molecule has 170 valence electrons. The Kier molecular flexibility index (Phi) is 6.48. The third kappa shape index (κ3) is 5.12. The van der Waals surface area contributed by atoms with Gasteiger partial charge in [0.25, 0.3) is 0 Å². The lowest BCUT2D eigenvalue weighted by Crippen LogP contribution is -2.45. The van der Waals surface area contributed by atoms with Gasteiger partial charge in [-0.05, 0) is 43.0 Å². The molecule has 0 radical (unpaired) electrons. The molecule has 2 heterocycles. The summed E-state index contributed by atoms with van der Waals surface area (Å²) in [6, 6.07) is 12.1. The minimum atomic E-state index is -0.646. The number of amides is 2. The zero-order chi connectivity index (χ0) is 22.6. The second kappa shape index (κ2) is 9.46. The van der Waals surface area contributed by atoms with Crippen molar-refractivity contribution in [1.82, 2.24) is 10.6 Å². The summed E-state index contributed by atoms with van der Waals surface area (Å²) in [7, 11) is 1.48. The molecule has 0 saturated carbocycles. The maximum absolute atomic E-state index is 14.5. The summed E-state index contributed by atoms with van der Waals surface area (Å²) in [4.78, 5) is 24.5. The van der Waals surface area contributed by atoms with Crippen molar-refractivity contribution >= 4 is 11.8 Å². The molecule has 4 rings (SSSR count). The van der Waals surface area contributed by atoms with E-state index < -0.39 is 5.54 Å². The normalized spacial score (nSPS) is 21.7. The molecular weight excluding hydrogens is 415 g/mol. The molecule has 2 aromatic carbocycles. The number of halogens is 1. The van der Waals surface area contributed by atoms with Gasteiger partial charge in [0.15, 0.2) is 11.5 Å². The molecule has 2 amide bonds. The van der Waals surface area contributed by atoms with E-state index in [1.807, 2.05) is 24.3 Å². The van der Waals surface area contributed by atoms with Crippen LogP contribution in [0.1, 0.15) is 31.2 Å². The smallest absolute Gasteiger partial charge is 0.220 e. The Morgan fingerprint density at radius 1 is 1.28 bits per heavy atom. The molecule has 7 nitrogen and oxygen atoms in total. The average molecular weight is 442 g/mol. The molecule has 32 heavy (non-hydrogen) atoms. The lowest BCUT2D eigenvalue weighted by molar-refractivity contribution is -0.123. The second-order valence-electron chi connectivity index (χ2n) is 8.26. The summed E-state index contributed by atoms with van der Waals surface area (Å²) >= 11 is 0. The summed E-state index contributed by atoms with van der Waals surface area (Å²) in [6.07, 6.45) is 1.59. The Morgan fingerprint density at radius 3 is 2.81 bits per heavy atom. The Bertz CT molecular complexity index is 998. The molecule has 0 aromatic heterocycles. The second-order valence-corrected chi connectivity index (χ2v) is 8.26. The van der Waals surface area contributed by atoms with Crippen molar-refractivity contribution in [3.63, 3.8) is 0 Å². The zero-order valence-electron chi connectivity index (χ0n) is 18.0. The van der Waals surface area contributed by atoms with Gasteiger partial charge in [0, 0.05) is 24.4 Å². The molecule has 0 spiro atoms. The van der Waals surface area contributed by atoms with Gasteiger partial charge in [-0.2, -0.15) is 0 Å². The quantitative estimate of drug-likeness (QED) is 0.657. The van der Waals surface area contributed by atoms with E-state index in [-0.39, 0.29) is 30.2 Å². The fraction of sp³-hybridized carbons (Fsp3) is 0.417. The fourth-order valence-corrected chi connectivity index (χ4v) is 4.18. The van der Waals surface area contributed by atoms with Crippen LogP contribution in [0, 0.1) is 5.82 Å². The van der Waals surface area contributed by atoms with Crippen LogP contribution in [0.2, 0.25) is 0 Å². The van der Waals surface area contributed by atoms with E-state index >= 15 is 0 Å². The van der Waals surface area contributed by atoms with Crippen LogP contribution in [0.15, 0.2) is 42.5 Å². The first-order chi connectivity index (χ1) is 15.5.